The number of rotatable bonds is 5. The Morgan fingerprint density at radius 2 is 2.21 bits per heavy atom. The SMILES string of the molecule is CCO[C@@H]1C[C@](NC(=O)c2cnn3ccccc23)(C(=O)O)C1(C)C. The van der Waals surface area contributed by atoms with Crippen LogP contribution in [0.15, 0.2) is 30.6 Å². The average Bonchev–Trinajstić information content (AvgIpc) is 2.97. The van der Waals surface area contributed by atoms with Gasteiger partial charge in [0.1, 0.15) is 5.54 Å². The number of amides is 1. The summed E-state index contributed by atoms with van der Waals surface area (Å²) >= 11 is 0. The number of hydrogen-bond acceptors (Lipinski definition) is 4. The number of aromatic nitrogens is 2. The Hall–Kier alpha value is -2.41. The highest BCUT2D eigenvalue weighted by Crippen LogP contribution is 2.51. The van der Waals surface area contributed by atoms with Gasteiger partial charge in [-0.15, -0.1) is 0 Å². The number of nitrogens with zero attached hydrogens (tertiary/aromatic N) is 2. The van der Waals surface area contributed by atoms with Crippen LogP contribution in [-0.4, -0.2) is 44.8 Å². The van der Waals surface area contributed by atoms with Crippen LogP contribution in [0.1, 0.15) is 37.6 Å². The van der Waals surface area contributed by atoms with E-state index in [1.165, 1.54) is 6.20 Å². The molecule has 0 radical (unpaired) electrons. The Labute approximate surface area is 139 Å². The van der Waals surface area contributed by atoms with Crippen molar-refractivity contribution in [2.75, 3.05) is 6.61 Å². The maximum atomic E-state index is 12.7. The summed E-state index contributed by atoms with van der Waals surface area (Å²) in [6, 6.07) is 5.38. The van der Waals surface area contributed by atoms with E-state index in [9.17, 15) is 14.7 Å². The Morgan fingerprint density at radius 3 is 2.83 bits per heavy atom. The molecule has 0 aromatic carbocycles. The highest BCUT2D eigenvalue weighted by atomic mass is 16.5. The minimum Gasteiger partial charge on any atom is -0.479 e. The van der Waals surface area contributed by atoms with Crippen LogP contribution < -0.4 is 5.32 Å². The lowest BCUT2D eigenvalue weighted by molar-refractivity contribution is -0.190. The summed E-state index contributed by atoms with van der Waals surface area (Å²) < 4.78 is 7.19. The summed E-state index contributed by atoms with van der Waals surface area (Å²) in [5, 5.41) is 16.6. The van der Waals surface area contributed by atoms with E-state index in [1.54, 1.807) is 36.7 Å². The van der Waals surface area contributed by atoms with Gasteiger partial charge in [0.25, 0.3) is 5.91 Å². The maximum absolute atomic E-state index is 12.7. The number of nitrogens with one attached hydrogen (secondary N) is 1. The molecule has 3 rings (SSSR count). The van der Waals surface area contributed by atoms with Gasteiger partial charge < -0.3 is 15.2 Å². The van der Waals surface area contributed by atoms with Gasteiger partial charge in [-0.25, -0.2) is 9.31 Å². The predicted octanol–water partition coefficient (Wildman–Crippen LogP) is 1.72. The third-order valence-corrected chi connectivity index (χ3v) is 5.13. The lowest BCUT2D eigenvalue weighted by Crippen LogP contribution is -2.76. The van der Waals surface area contributed by atoms with Gasteiger partial charge in [-0.3, -0.25) is 4.79 Å². The van der Waals surface area contributed by atoms with E-state index >= 15 is 0 Å². The molecule has 128 valence electrons. The average molecular weight is 331 g/mol. The van der Waals surface area contributed by atoms with Crippen LogP contribution >= 0.6 is 0 Å². The van der Waals surface area contributed by atoms with Gasteiger partial charge in [-0.1, -0.05) is 19.9 Å². The third kappa shape index (κ3) is 2.19. The van der Waals surface area contributed by atoms with Crippen LogP contribution in [-0.2, 0) is 9.53 Å². The smallest absolute Gasteiger partial charge is 0.330 e. The number of hydrogen-bond donors (Lipinski definition) is 2. The Kier molecular flexibility index (Phi) is 3.83. The van der Waals surface area contributed by atoms with Crippen LogP contribution in [0.5, 0.6) is 0 Å². The van der Waals surface area contributed by atoms with Crippen LogP contribution in [0.25, 0.3) is 5.52 Å². The molecule has 7 heteroatoms. The fraction of sp³-hybridized carbons (Fsp3) is 0.471. The molecule has 0 unspecified atom stereocenters. The lowest BCUT2D eigenvalue weighted by Gasteiger charge is -2.58. The van der Waals surface area contributed by atoms with Gasteiger partial charge in [0.05, 0.1) is 23.4 Å². The van der Waals surface area contributed by atoms with Crippen molar-refractivity contribution < 1.29 is 19.4 Å². The molecule has 1 fully saturated rings. The van der Waals surface area contributed by atoms with Crippen molar-refractivity contribution in [1.82, 2.24) is 14.9 Å². The number of carboxylic acid groups (broad SMARTS) is 1. The second-order valence-corrected chi connectivity index (χ2v) is 6.62. The zero-order valence-corrected chi connectivity index (χ0v) is 13.9. The zero-order chi connectivity index (χ0) is 17.5. The van der Waals surface area contributed by atoms with E-state index < -0.39 is 22.8 Å². The van der Waals surface area contributed by atoms with E-state index in [2.05, 4.69) is 10.4 Å². The highest BCUT2D eigenvalue weighted by Gasteiger charge is 2.66. The number of pyridine rings is 1. The molecule has 0 spiro atoms. The molecule has 2 N–H and O–H groups in total. The van der Waals surface area contributed by atoms with Crippen molar-refractivity contribution >= 4 is 17.4 Å². The second-order valence-electron chi connectivity index (χ2n) is 6.62. The molecule has 2 atom stereocenters. The summed E-state index contributed by atoms with van der Waals surface area (Å²) in [6.45, 7) is 5.99. The van der Waals surface area contributed by atoms with Gasteiger partial charge >= 0.3 is 5.97 Å². The normalized spacial score (nSPS) is 25.2. The molecule has 2 heterocycles. The first-order chi connectivity index (χ1) is 11.3. The Morgan fingerprint density at radius 1 is 1.46 bits per heavy atom. The van der Waals surface area contributed by atoms with Gasteiger partial charge in [0, 0.05) is 24.6 Å². The van der Waals surface area contributed by atoms with Gasteiger partial charge in [0.15, 0.2) is 0 Å². The van der Waals surface area contributed by atoms with Crippen LogP contribution in [0.2, 0.25) is 0 Å². The fourth-order valence-electron chi connectivity index (χ4n) is 3.41. The standard InChI is InChI=1S/C17H21N3O4/c1-4-24-13-9-17(15(22)23,16(13,2)3)19-14(21)11-10-18-20-8-6-5-7-12(11)20/h5-8,10,13H,4,9H2,1-3H3,(H,19,21)(H,22,23)/t13-,17+/m1/s1. The summed E-state index contributed by atoms with van der Waals surface area (Å²) in [6.07, 6.45) is 3.22. The topological polar surface area (TPSA) is 92.9 Å². The van der Waals surface area contributed by atoms with Gasteiger partial charge in [-0.2, -0.15) is 5.10 Å². The first-order valence-electron chi connectivity index (χ1n) is 7.93. The van der Waals surface area contributed by atoms with Crippen molar-refractivity contribution in [2.24, 2.45) is 5.41 Å². The van der Waals surface area contributed by atoms with Crippen molar-refractivity contribution in [3.63, 3.8) is 0 Å². The van der Waals surface area contributed by atoms with E-state index in [0.29, 0.717) is 17.7 Å². The Bertz CT molecular complexity index is 798. The minimum atomic E-state index is -1.35. The number of carboxylic acids is 1. The second kappa shape index (κ2) is 5.59. The molecule has 0 bridgehead atoms. The first-order valence-corrected chi connectivity index (χ1v) is 7.93. The molecule has 2 aromatic heterocycles. The number of fused-ring (bicyclic) bond motifs is 1. The van der Waals surface area contributed by atoms with Gasteiger partial charge in [-0.05, 0) is 19.1 Å². The summed E-state index contributed by atoms with van der Waals surface area (Å²) in [4.78, 5) is 24.7. The molecular formula is C17H21N3O4. The molecule has 2 aromatic rings. The molecule has 1 aliphatic carbocycles. The fourth-order valence-corrected chi connectivity index (χ4v) is 3.41. The first kappa shape index (κ1) is 16.4. The van der Waals surface area contributed by atoms with E-state index in [1.807, 2.05) is 13.0 Å². The predicted molar refractivity (Wildman–Crippen MR) is 86.8 cm³/mol. The number of carbonyl (C=O) groups excluding carboxylic acids is 1. The van der Waals surface area contributed by atoms with Crippen LogP contribution in [0, 0.1) is 5.41 Å². The van der Waals surface area contributed by atoms with E-state index in [0.717, 1.165) is 0 Å². The van der Waals surface area contributed by atoms with Crippen LogP contribution in [0.4, 0.5) is 0 Å². The summed E-state index contributed by atoms with van der Waals surface area (Å²) in [7, 11) is 0. The summed E-state index contributed by atoms with van der Waals surface area (Å²) in [5.74, 6) is -1.49. The maximum Gasteiger partial charge on any atom is 0.330 e. The van der Waals surface area contributed by atoms with Crippen molar-refractivity contribution in [2.45, 2.75) is 38.8 Å². The lowest BCUT2D eigenvalue weighted by atomic mass is 9.54. The molecule has 24 heavy (non-hydrogen) atoms. The van der Waals surface area contributed by atoms with E-state index in [-0.39, 0.29) is 12.5 Å². The molecular weight excluding hydrogens is 310 g/mol. The molecule has 0 aliphatic heterocycles. The third-order valence-electron chi connectivity index (χ3n) is 5.13. The molecule has 1 amide bonds. The van der Waals surface area contributed by atoms with Crippen molar-refractivity contribution in [3.05, 3.63) is 36.2 Å². The molecule has 0 saturated heterocycles. The van der Waals surface area contributed by atoms with Crippen molar-refractivity contribution in [3.8, 4) is 0 Å². The highest BCUT2D eigenvalue weighted by molar-refractivity contribution is 6.03. The quantitative estimate of drug-likeness (QED) is 0.870. The number of aliphatic carboxylic acids is 1. The summed E-state index contributed by atoms with van der Waals surface area (Å²) in [5.41, 5.74) is -1.08. The molecule has 1 saturated carbocycles. The minimum absolute atomic E-state index is 0.206. The zero-order valence-electron chi connectivity index (χ0n) is 13.9. The van der Waals surface area contributed by atoms with Crippen LogP contribution in [0.3, 0.4) is 0 Å². The number of ether oxygens (including phenoxy) is 1. The van der Waals surface area contributed by atoms with Crippen molar-refractivity contribution in [1.29, 1.82) is 0 Å². The largest absolute Gasteiger partial charge is 0.479 e. The monoisotopic (exact) mass is 331 g/mol. The van der Waals surface area contributed by atoms with Gasteiger partial charge in [0.2, 0.25) is 0 Å². The molecule has 7 nitrogen and oxygen atoms in total. The molecule has 1 aliphatic rings. The number of carbonyl (C=O) groups is 2. The van der Waals surface area contributed by atoms with E-state index in [4.69, 9.17) is 4.74 Å². The Balaban J connectivity index is 1.90.